The molecule has 4 atom stereocenters. The third-order valence-corrected chi connectivity index (χ3v) is 13.1. The number of benzene rings is 1. The van der Waals surface area contributed by atoms with Gasteiger partial charge in [-0.25, -0.2) is 8.42 Å². The Morgan fingerprint density at radius 2 is 1.71 bits per heavy atom. The number of aryl methyl sites for hydroxylation is 1. The minimum Gasteiger partial charge on any atom is -0.294 e. The maximum atomic E-state index is 13.6. The van der Waals surface area contributed by atoms with E-state index in [4.69, 9.17) is 0 Å². The average molecular weight is 414 g/mol. The summed E-state index contributed by atoms with van der Waals surface area (Å²) in [5, 5.41) is -0.397. The van der Waals surface area contributed by atoms with Gasteiger partial charge in [-0.1, -0.05) is 49.5 Å². The lowest BCUT2D eigenvalue weighted by Crippen LogP contribution is -2.55. The lowest BCUT2D eigenvalue weighted by Gasteiger charge is -2.52. The predicted molar refractivity (Wildman–Crippen MR) is 112 cm³/mol. The third-order valence-electron chi connectivity index (χ3n) is 7.86. The molecule has 4 nitrogen and oxygen atoms in total. The van der Waals surface area contributed by atoms with Crippen molar-refractivity contribution in [2.24, 2.45) is 17.3 Å². The Hall–Kier alpha value is -1.66. The van der Waals surface area contributed by atoms with E-state index in [2.05, 4.69) is 31.8 Å². The van der Waals surface area contributed by atoms with Crippen LogP contribution in [-0.4, -0.2) is 33.1 Å². The third kappa shape index (κ3) is 1.82. The molecule has 0 aromatic heterocycles. The summed E-state index contributed by atoms with van der Waals surface area (Å²) in [6.45, 7) is 9.28. The van der Waals surface area contributed by atoms with Gasteiger partial charge in [0.1, 0.15) is 0 Å². The van der Waals surface area contributed by atoms with E-state index in [1.807, 2.05) is 19.1 Å². The molecule has 4 aliphatic rings. The van der Waals surface area contributed by atoms with Crippen LogP contribution < -0.4 is 0 Å². The number of sulfonamides is 1. The smallest absolute Gasteiger partial charge is 0.264 e. The summed E-state index contributed by atoms with van der Waals surface area (Å²) in [7, 11) is -5.60. The zero-order chi connectivity index (χ0) is 20.1. The number of rotatable bonds is 3. The van der Waals surface area contributed by atoms with Gasteiger partial charge in [0, 0.05) is 28.8 Å². The largest absolute Gasteiger partial charge is 0.294 e. The number of carbonyl (C=O) groups excluding carboxylic acids is 1. The Labute approximate surface area is 168 Å². The molecule has 28 heavy (non-hydrogen) atoms. The van der Waals surface area contributed by atoms with E-state index >= 15 is 0 Å². The van der Waals surface area contributed by atoms with Crippen LogP contribution in [-0.2, 0) is 14.8 Å². The molecule has 2 bridgehead atoms. The molecule has 148 valence electrons. The molecule has 6 heteroatoms. The highest BCUT2D eigenvalue weighted by Crippen LogP contribution is 2.80. The molecule has 1 heterocycles. The van der Waals surface area contributed by atoms with Crippen LogP contribution in [0.4, 0.5) is 0 Å². The van der Waals surface area contributed by atoms with E-state index in [-0.39, 0.29) is 23.0 Å². The van der Waals surface area contributed by atoms with Gasteiger partial charge >= 0.3 is 0 Å². The van der Waals surface area contributed by atoms with Crippen LogP contribution in [0.15, 0.2) is 53.1 Å². The number of hydrogen-bond acceptors (Lipinski definition) is 3. The average Bonchev–Trinajstić information content (AvgIpc) is 3.31. The monoisotopic (exact) mass is 413 g/mol. The second-order valence-electron chi connectivity index (χ2n) is 9.90. The molecule has 2 fully saturated rings. The molecule has 1 aliphatic heterocycles. The van der Waals surface area contributed by atoms with Crippen molar-refractivity contribution in [2.45, 2.75) is 49.3 Å². The zero-order valence-corrected chi connectivity index (χ0v) is 18.7. The summed E-state index contributed by atoms with van der Waals surface area (Å²) >= 11 is 0. The molecule has 1 aromatic carbocycles. The maximum Gasteiger partial charge on any atom is 0.264 e. The quantitative estimate of drug-likeness (QED) is 0.553. The van der Waals surface area contributed by atoms with Crippen LogP contribution in [0, 0.1) is 24.2 Å². The van der Waals surface area contributed by atoms with Crippen molar-refractivity contribution in [3.8, 4) is 0 Å². The zero-order valence-electron chi connectivity index (χ0n) is 16.9. The van der Waals surface area contributed by atoms with Gasteiger partial charge in [-0.3, -0.25) is 9.10 Å². The summed E-state index contributed by atoms with van der Waals surface area (Å²) in [5.41, 5.74) is 1.48. The minimum absolute atomic E-state index is 0.183. The maximum absolute atomic E-state index is 13.6. The topological polar surface area (TPSA) is 54.5 Å². The van der Waals surface area contributed by atoms with Gasteiger partial charge in [0.15, 0.2) is 5.78 Å². The van der Waals surface area contributed by atoms with Gasteiger partial charge in [-0.2, -0.15) is 0 Å². The molecule has 0 amide bonds. The second kappa shape index (κ2) is 5.28. The lowest BCUT2D eigenvalue weighted by atomic mass is 9.67. The van der Waals surface area contributed by atoms with Crippen molar-refractivity contribution in [3.05, 3.63) is 53.8 Å². The fourth-order valence-electron chi connectivity index (χ4n) is 7.06. The van der Waals surface area contributed by atoms with E-state index in [9.17, 15) is 13.2 Å². The Balaban J connectivity index is 1.67. The molecule has 1 aromatic rings. The van der Waals surface area contributed by atoms with Crippen LogP contribution in [0.25, 0.3) is 0 Å². The van der Waals surface area contributed by atoms with Crippen LogP contribution in [0.3, 0.4) is 0 Å². The molecule has 5 rings (SSSR count). The normalized spacial score (nSPS) is 36.1. The molecule has 0 unspecified atom stereocenters. The van der Waals surface area contributed by atoms with Crippen molar-refractivity contribution >= 4 is 23.9 Å². The molecule has 1 saturated carbocycles. The molecule has 0 N–H and O–H groups in total. The first-order valence-electron chi connectivity index (χ1n) is 10.1. The lowest BCUT2D eigenvalue weighted by molar-refractivity contribution is -0.119. The number of carbonyl (C=O) groups is 1. The summed E-state index contributed by atoms with van der Waals surface area (Å²) in [6.07, 6.45) is 7.97. The fourth-order valence-corrected chi connectivity index (χ4v) is 12.5. The highest BCUT2D eigenvalue weighted by atomic mass is 32.2. The van der Waals surface area contributed by atoms with Gasteiger partial charge in [-0.05, 0) is 43.7 Å². The highest BCUT2D eigenvalue weighted by molar-refractivity contribution is 7.89. The van der Waals surface area contributed by atoms with Crippen molar-refractivity contribution in [1.29, 1.82) is 0 Å². The van der Waals surface area contributed by atoms with E-state index in [0.29, 0.717) is 11.4 Å². The number of allylic oxidation sites excluding steroid dienone is 4. The first kappa shape index (κ1) is 18.4. The van der Waals surface area contributed by atoms with Crippen molar-refractivity contribution < 1.29 is 13.2 Å². The first-order valence-corrected chi connectivity index (χ1v) is 15.1. The highest BCUT2D eigenvalue weighted by Gasteiger charge is 2.78. The van der Waals surface area contributed by atoms with Crippen LogP contribution in [0.1, 0.15) is 18.4 Å². The van der Waals surface area contributed by atoms with Gasteiger partial charge < -0.3 is 0 Å². The second-order valence-corrected chi connectivity index (χ2v) is 17.0. The van der Waals surface area contributed by atoms with Crippen LogP contribution in [0.5, 0.6) is 0 Å². The summed E-state index contributed by atoms with van der Waals surface area (Å²) in [5.74, 6) is 0.718. The molecular formula is C22H27NO3SSi. The number of hydrogen-bond donors (Lipinski definition) is 0. The Morgan fingerprint density at radius 3 is 2.36 bits per heavy atom. The first-order chi connectivity index (χ1) is 13.1. The van der Waals surface area contributed by atoms with E-state index in [0.717, 1.165) is 24.1 Å². The van der Waals surface area contributed by atoms with Crippen molar-refractivity contribution in [3.63, 3.8) is 0 Å². The minimum atomic E-state index is -3.66. The summed E-state index contributed by atoms with van der Waals surface area (Å²) in [4.78, 5) is 13.9. The van der Waals surface area contributed by atoms with Crippen LogP contribution >= 0.6 is 0 Å². The van der Waals surface area contributed by atoms with Gasteiger partial charge in [0.25, 0.3) is 10.0 Å². The van der Waals surface area contributed by atoms with E-state index < -0.39 is 23.1 Å². The Morgan fingerprint density at radius 1 is 1.07 bits per heavy atom. The Kier molecular flexibility index (Phi) is 3.46. The standard InChI is InChI=1S/C22H27NO3SSi/c1-15-5-9-18(10-6-15)27(25,26)23-12-11-21-16-7-8-17(13-16)22(21,28(2,3)4)20(24)14-19(21)23/h5-10,14,16-17H,11-13H2,1-4H3/t16-,17+,21-,22-/m1/s1. The molecule has 0 radical (unpaired) electrons. The molecular weight excluding hydrogens is 386 g/mol. The Bertz CT molecular complexity index is 1050. The van der Waals surface area contributed by atoms with Gasteiger partial charge in [-0.15, -0.1) is 0 Å². The van der Waals surface area contributed by atoms with E-state index in [1.165, 1.54) is 0 Å². The van der Waals surface area contributed by atoms with E-state index in [1.54, 1.807) is 22.5 Å². The van der Waals surface area contributed by atoms with Crippen molar-refractivity contribution in [1.82, 2.24) is 4.31 Å². The number of fused-ring (bicyclic) bond motifs is 3. The molecule has 1 saturated heterocycles. The van der Waals surface area contributed by atoms with Crippen molar-refractivity contribution in [2.75, 3.05) is 6.54 Å². The number of nitrogens with zero attached hydrogens (tertiary/aromatic N) is 1. The van der Waals surface area contributed by atoms with Gasteiger partial charge in [0.05, 0.1) is 13.0 Å². The SMILES string of the molecule is Cc1ccc(S(=O)(=O)N2CC[C@@]34C2=CC(=O)[C@]3([Si](C)(C)C)[C@H]2C=C[C@@H]4C2)cc1. The molecule has 3 aliphatic carbocycles. The summed E-state index contributed by atoms with van der Waals surface area (Å²) in [6, 6.07) is 7.03. The predicted octanol–water partition coefficient (Wildman–Crippen LogP) is 4.13. The van der Waals surface area contributed by atoms with Crippen LogP contribution in [0.2, 0.25) is 24.7 Å². The fraction of sp³-hybridized carbons (Fsp3) is 0.500. The molecule has 1 spiro atoms. The summed E-state index contributed by atoms with van der Waals surface area (Å²) < 4.78 is 28.6. The van der Waals surface area contributed by atoms with Gasteiger partial charge in [0.2, 0.25) is 0 Å². The number of ketones is 1.